The van der Waals surface area contributed by atoms with Gasteiger partial charge in [0.25, 0.3) is 0 Å². The van der Waals surface area contributed by atoms with Gasteiger partial charge < -0.3 is 19.9 Å². The predicted octanol–water partition coefficient (Wildman–Crippen LogP) is 28.8. The van der Waals surface area contributed by atoms with Gasteiger partial charge in [-0.25, -0.2) is 0 Å². The second-order valence-electron chi connectivity index (χ2n) is 35.3. The molecule has 0 amide bonds. The molecule has 0 spiro atoms. The molecular formula is C122H116Ge4Ir4N8-8. The Morgan fingerprint density at radius 1 is 0.196 bits per heavy atom. The topological polar surface area (TPSA) is 103 Å². The number of nitrogens with zero attached hydrogens (tertiary/aromatic N) is 8. The Hall–Kier alpha value is -10.6. The third kappa shape index (κ3) is 36.2. The van der Waals surface area contributed by atoms with Gasteiger partial charge in [-0.2, -0.15) is 0 Å². The van der Waals surface area contributed by atoms with E-state index in [4.69, 9.17) is 16.4 Å². The Labute approximate surface area is 902 Å². The minimum absolute atomic E-state index is 0. The summed E-state index contributed by atoms with van der Waals surface area (Å²) in [5.74, 6) is 28.8. The third-order valence-corrected chi connectivity index (χ3v) is 38.1. The van der Waals surface area contributed by atoms with E-state index in [1.807, 2.05) is 146 Å². The van der Waals surface area contributed by atoms with Gasteiger partial charge in [-0.1, -0.05) is 48.5 Å². The molecule has 8 nitrogen and oxygen atoms in total. The zero-order valence-corrected chi connectivity index (χ0v) is 97.1. The molecule has 4 radical (unpaired) electrons. The summed E-state index contributed by atoms with van der Waals surface area (Å²) in [7, 11) is 0. The van der Waals surface area contributed by atoms with E-state index in [0.29, 0.717) is 22.8 Å². The molecule has 0 saturated carbocycles. The van der Waals surface area contributed by atoms with Crippen LogP contribution in [0.15, 0.2) is 413 Å². The number of pyridine rings is 8. The molecule has 19 rings (SSSR count). The van der Waals surface area contributed by atoms with E-state index in [1.165, 1.54) is 75.2 Å². The standard InChI is InChI=1S/3C20H20GeN.C14H16GeN.4C12H10N.4Ir/c1-21(2,3)19-12-13-22-20(15-19)18-11-7-10-17(14-18)16-8-5-4-6-9-16;1-21(2,3)19-13-14-22-20(15-19)18-11-9-17(10-12-18)16-7-5-4-6-8-16;1-21(2,3)19-13-14-20(22-15-19)18-11-9-17(10-12-18)16-7-5-4-6-8-16;1-15(2,3)13-9-10-16-14(11-13)12-7-5-4-6-8-12;4*1-10-6-5-9-12(13-10)11-7-3-2-4-8-11;;;;/h4-10,12-15H,1-3H3;2*4-11,13-15H,1-3H3;4-7,9-11H,1-3H3;4*2-7,9H,1H3;;;;/q8*-1;;;;/i;;;;4*1D3;;;;. The first-order valence-corrected chi connectivity index (χ1v) is 73.7. The van der Waals surface area contributed by atoms with Crippen LogP contribution in [0, 0.1) is 75.9 Å². The van der Waals surface area contributed by atoms with Crippen molar-refractivity contribution in [2.24, 2.45) is 0 Å². The summed E-state index contributed by atoms with van der Waals surface area (Å²) in [5, 5.41) is 0. The van der Waals surface area contributed by atoms with E-state index >= 15 is 0 Å². The van der Waals surface area contributed by atoms with Crippen molar-refractivity contribution in [3.8, 4) is 123 Å². The fourth-order valence-electron chi connectivity index (χ4n) is 13.4. The van der Waals surface area contributed by atoms with Crippen LogP contribution in [0.4, 0.5) is 0 Å². The molecule has 0 bridgehead atoms. The molecule has 8 heterocycles. The number of hydrogen-bond donors (Lipinski definition) is 0. The second kappa shape index (κ2) is 56.6. The Morgan fingerprint density at radius 2 is 0.478 bits per heavy atom. The van der Waals surface area contributed by atoms with Crippen LogP contribution in [-0.2, 0) is 80.4 Å². The maximum atomic E-state index is 7.29. The van der Waals surface area contributed by atoms with E-state index in [0.717, 1.165) is 67.3 Å². The SMILES string of the molecule is [2H]C([2H])([2H])c1cccc(-c2[c-]cccc2)n1.[2H]C([2H])([2H])c1cccc(-c2[c-]cccc2)n1.[2H]C([2H])([2H])c1cccc(-c2[c-]cccc2)n1.[2H]C([2H])([2H])c1cccc(-c2[c-]cccc2)n1.[CH3][Ge]([CH3])([CH3])[c]1ccc(-c2[c-]cc(-c3ccccc3)cc2)nc1.[CH3][Ge]([CH3])([CH3])[c]1ccnc(-c2[c-]cc(-c3ccccc3)cc2)c1.[CH3][Ge]([CH3])([CH3])[c]1ccnc(-c2[c-]ccc(-c3ccccc3)c2)c1.[CH3][Ge]([CH3])([CH3])[c]1ccnc(-c2[c-]cccc2)c1.[Ir].[Ir].[Ir].[Ir]. The van der Waals surface area contributed by atoms with Gasteiger partial charge in [0, 0.05) is 120 Å². The van der Waals surface area contributed by atoms with Crippen molar-refractivity contribution in [1.29, 1.82) is 0 Å². The molecule has 0 N–H and O–H groups in total. The van der Waals surface area contributed by atoms with E-state index in [1.54, 1.807) is 72.8 Å². The van der Waals surface area contributed by atoms with E-state index < -0.39 is 80.5 Å². The maximum absolute atomic E-state index is 7.29. The van der Waals surface area contributed by atoms with Crippen molar-refractivity contribution < 1.29 is 96.9 Å². The molecule has 11 aromatic carbocycles. The smallest absolute Gasteiger partial charge is 0 e. The monoisotopic (exact) mass is 2770 g/mol. The first-order chi connectivity index (χ1) is 69.5. The Bertz CT molecular complexity index is 6750. The summed E-state index contributed by atoms with van der Waals surface area (Å²) in [6, 6.07) is 150. The Kier molecular flexibility index (Phi) is 38.9. The zero-order valence-electron chi connectivity index (χ0n) is 91.2. The van der Waals surface area contributed by atoms with Gasteiger partial charge in [0.05, 0.1) is 0 Å². The van der Waals surface area contributed by atoms with Gasteiger partial charge in [-0.3, -0.25) is 0 Å². The summed E-state index contributed by atoms with van der Waals surface area (Å²) in [5.41, 5.74) is 21.8. The molecule has 138 heavy (non-hydrogen) atoms. The van der Waals surface area contributed by atoms with Gasteiger partial charge in [0.15, 0.2) is 0 Å². The van der Waals surface area contributed by atoms with Crippen LogP contribution >= 0.6 is 0 Å². The van der Waals surface area contributed by atoms with Crippen LogP contribution < -0.4 is 17.6 Å². The van der Waals surface area contributed by atoms with Crippen LogP contribution in [0.5, 0.6) is 0 Å². The average Bonchev–Trinajstić information content (AvgIpc) is 0.828. The first kappa shape index (κ1) is 95.0. The quantitative estimate of drug-likeness (QED) is 0.0739. The van der Waals surface area contributed by atoms with Gasteiger partial charge in [0.1, 0.15) is 0 Å². The summed E-state index contributed by atoms with van der Waals surface area (Å²) in [4.78, 5) is 34.6. The molecule has 16 heteroatoms. The molecule has 0 fully saturated rings. The van der Waals surface area contributed by atoms with Crippen molar-refractivity contribution in [3.63, 3.8) is 0 Å². The first-order valence-electron chi connectivity index (χ1n) is 50.3. The fourth-order valence-corrected chi connectivity index (χ4v) is 22.8. The minimum atomic E-state index is -2.16. The maximum Gasteiger partial charge on any atom is 0 e. The van der Waals surface area contributed by atoms with Gasteiger partial charge in [-0.05, 0) is 74.4 Å². The van der Waals surface area contributed by atoms with Crippen molar-refractivity contribution >= 4 is 70.6 Å². The predicted molar refractivity (Wildman–Crippen MR) is 575 cm³/mol. The van der Waals surface area contributed by atoms with Crippen molar-refractivity contribution in [2.75, 3.05) is 0 Å². The molecule has 704 valence electrons. The number of aromatic nitrogens is 8. The number of rotatable bonds is 15. The molecule has 0 aliphatic carbocycles. The van der Waals surface area contributed by atoms with Crippen LogP contribution in [0.1, 0.15) is 39.2 Å². The van der Waals surface area contributed by atoms with Crippen molar-refractivity contribution in [3.05, 3.63) is 484 Å². The summed E-state index contributed by atoms with van der Waals surface area (Å²) < 4.78 is 93.4. The zero-order chi connectivity index (χ0) is 105. The van der Waals surface area contributed by atoms with Crippen LogP contribution in [0.3, 0.4) is 0 Å². The fraction of sp³-hybridized carbons (Fsp3) is 0.131. The molecule has 0 aliphatic heterocycles. The Balaban J connectivity index is 0.000000209. The second-order valence-corrected chi connectivity index (χ2v) is 77.9. The molecule has 8 aromatic heterocycles. The van der Waals surface area contributed by atoms with Gasteiger partial charge in [0.2, 0.25) is 0 Å². The molecule has 0 aliphatic rings. The number of aryl methyl sites for hydroxylation is 4. The van der Waals surface area contributed by atoms with Gasteiger partial charge >= 0.3 is 506 Å². The van der Waals surface area contributed by atoms with E-state index in [-0.39, 0.29) is 103 Å². The third-order valence-electron chi connectivity index (χ3n) is 21.0. The van der Waals surface area contributed by atoms with E-state index in [9.17, 15) is 0 Å². The largest absolute Gasteiger partial charge is 0 e. The average molecular weight is 2770 g/mol. The van der Waals surface area contributed by atoms with Crippen molar-refractivity contribution in [1.82, 2.24) is 39.9 Å². The normalized spacial score (nSPS) is 12.2. The summed E-state index contributed by atoms with van der Waals surface area (Å²) in [6.07, 6.45) is 7.83. The van der Waals surface area contributed by atoms with E-state index in [2.05, 4.69) is 327 Å². The summed E-state index contributed by atoms with van der Waals surface area (Å²) >= 11 is -7.18. The van der Waals surface area contributed by atoms with Crippen LogP contribution in [0.2, 0.25) is 69.1 Å². The van der Waals surface area contributed by atoms with Crippen LogP contribution in [-0.4, -0.2) is 92.9 Å². The molecule has 0 unspecified atom stereocenters. The van der Waals surface area contributed by atoms with Crippen molar-refractivity contribution in [2.45, 2.75) is 96.5 Å². The molecular weight excluding hydrogens is 2640 g/mol. The molecule has 0 atom stereocenters. The number of benzene rings is 11. The number of hydrogen-bond acceptors (Lipinski definition) is 8. The Morgan fingerprint density at radius 3 is 0.754 bits per heavy atom. The van der Waals surface area contributed by atoms with Gasteiger partial charge in [-0.15, -0.1) is 144 Å². The minimum Gasteiger partial charge on any atom is 0 e. The summed E-state index contributed by atoms with van der Waals surface area (Å²) in [6.45, 7) is -8.65. The van der Waals surface area contributed by atoms with Crippen LogP contribution in [0.25, 0.3) is 123 Å². The molecule has 0 saturated heterocycles. The molecule has 19 aromatic rings.